The lowest BCUT2D eigenvalue weighted by Gasteiger charge is -2.10. The average Bonchev–Trinajstić information content (AvgIpc) is 2.35. The van der Waals surface area contributed by atoms with Gasteiger partial charge in [0.1, 0.15) is 0 Å². The van der Waals surface area contributed by atoms with Gasteiger partial charge in [0.2, 0.25) is 5.88 Å². The van der Waals surface area contributed by atoms with Gasteiger partial charge >= 0.3 is 0 Å². The fraction of sp³-hybridized carbons (Fsp3) is 0.0833. The molecule has 0 fully saturated rings. The zero-order chi connectivity index (χ0) is 13.3. The van der Waals surface area contributed by atoms with E-state index in [2.05, 4.69) is 4.98 Å². The van der Waals surface area contributed by atoms with Crippen LogP contribution in [0.4, 0.5) is 5.69 Å². The summed E-state index contributed by atoms with van der Waals surface area (Å²) in [6.45, 7) is 0. The Kier molecular flexibility index (Phi) is 3.85. The standard InChI is InChI=1S/C12H9Cl3N2O/c1-18-12-8(4-7(16)5-17-12)6-2-9(13)11(15)10(14)3-6/h2-5H,16H2,1H3. The second kappa shape index (κ2) is 5.22. The molecule has 0 spiro atoms. The van der Waals surface area contributed by atoms with Crippen LogP contribution in [0.2, 0.25) is 15.1 Å². The number of hydrogen-bond acceptors (Lipinski definition) is 3. The Bertz CT molecular complexity index is 579. The number of methoxy groups -OCH3 is 1. The quantitative estimate of drug-likeness (QED) is 0.841. The van der Waals surface area contributed by atoms with Crippen LogP contribution in [0.5, 0.6) is 5.88 Å². The maximum absolute atomic E-state index is 6.00. The molecule has 2 N–H and O–H groups in total. The topological polar surface area (TPSA) is 48.1 Å². The van der Waals surface area contributed by atoms with Gasteiger partial charge in [0.25, 0.3) is 0 Å². The van der Waals surface area contributed by atoms with E-state index in [1.165, 1.54) is 13.3 Å². The number of ether oxygens (including phenoxy) is 1. The van der Waals surface area contributed by atoms with Crippen molar-refractivity contribution in [3.63, 3.8) is 0 Å². The molecule has 0 unspecified atom stereocenters. The maximum Gasteiger partial charge on any atom is 0.221 e. The van der Waals surface area contributed by atoms with E-state index < -0.39 is 0 Å². The number of nitrogens with zero attached hydrogens (tertiary/aromatic N) is 1. The third-order valence-corrected chi connectivity index (χ3v) is 3.56. The molecular formula is C12H9Cl3N2O. The van der Waals surface area contributed by atoms with Crippen molar-refractivity contribution >= 4 is 40.5 Å². The number of pyridine rings is 1. The summed E-state index contributed by atoms with van der Waals surface area (Å²) in [5, 5.41) is 1.05. The molecule has 0 radical (unpaired) electrons. The van der Waals surface area contributed by atoms with E-state index in [0.717, 1.165) is 5.56 Å². The minimum Gasteiger partial charge on any atom is -0.481 e. The third-order valence-electron chi connectivity index (χ3n) is 2.36. The Morgan fingerprint density at radius 3 is 2.28 bits per heavy atom. The SMILES string of the molecule is COc1ncc(N)cc1-c1cc(Cl)c(Cl)c(Cl)c1. The van der Waals surface area contributed by atoms with Gasteiger partial charge in [-0.15, -0.1) is 0 Å². The van der Waals surface area contributed by atoms with E-state index in [4.69, 9.17) is 45.3 Å². The van der Waals surface area contributed by atoms with Gasteiger partial charge in [-0.05, 0) is 23.8 Å². The van der Waals surface area contributed by atoms with Crippen molar-refractivity contribution in [1.82, 2.24) is 4.98 Å². The van der Waals surface area contributed by atoms with Crippen molar-refractivity contribution in [2.45, 2.75) is 0 Å². The van der Waals surface area contributed by atoms with Crippen LogP contribution in [0.1, 0.15) is 0 Å². The molecule has 18 heavy (non-hydrogen) atoms. The molecule has 0 aliphatic rings. The zero-order valence-electron chi connectivity index (χ0n) is 9.38. The number of hydrogen-bond donors (Lipinski definition) is 1. The molecular weight excluding hydrogens is 295 g/mol. The molecule has 6 heteroatoms. The summed E-state index contributed by atoms with van der Waals surface area (Å²) >= 11 is 17.9. The molecule has 0 saturated heterocycles. The molecule has 0 amide bonds. The van der Waals surface area contributed by atoms with E-state index in [1.807, 2.05) is 0 Å². The van der Waals surface area contributed by atoms with Crippen LogP contribution >= 0.6 is 34.8 Å². The van der Waals surface area contributed by atoms with Crippen molar-refractivity contribution in [2.24, 2.45) is 0 Å². The van der Waals surface area contributed by atoms with E-state index in [0.29, 0.717) is 32.2 Å². The van der Waals surface area contributed by atoms with Gasteiger partial charge in [0.15, 0.2) is 0 Å². The van der Waals surface area contributed by atoms with Gasteiger partial charge in [0, 0.05) is 5.56 Å². The van der Waals surface area contributed by atoms with Crippen molar-refractivity contribution in [1.29, 1.82) is 0 Å². The van der Waals surface area contributed by atoms with Gasteiger partial charge in [0.05, 0.1) is 34.1 Å². The molecule has 94 valence electrons. The lowest BCUT2D eigenvalue weighted by Crippen LogP contribution is -1.94. The van der Waals surface area contributed by atoms with Crippen LogP contribution in [0.3, 0.4) is 0 Å². The summed E-state index contributed by atoms with van der Waals surface area (Å²) in [5.74, 6) is 0.443. The van der Waals surface area contributed by atoms with Crippen molar-refractivity contribution in [3.05, 3.63) is 39.5 Å². The molecule has 1 heterocycles. The highest BCUT2D eigenvalue weighted by Gasteiger charge is 2.12. The molecule has 0 aliphatic carbocycles. The highest BCUT2D eigenvalue weighted by atomic mass is 35.5. The number of halogens is 3. The first-order valence-corrected chi connectivity index (χ1v) is 6.10. The molecule has 0 bridgehead atoms. The first-order chi connectivity index (χ1) is 8.52. The van der Waals surface area contributed by atoms with Crippen LogP contribution in [-0.2, 0) is 0 Å². The number of nitrogens with two attached hydrogens (primary N) is 1. The van der Waals surface area contributed by atoms with Crippen LogP contribution in [0.15, 0.2) is 24.4 Å². The third kappa shape index (κ3) is 2.48. The van der Waals surface area contributed by atoms with Gasteiger partial charge in [-0.2, -0.15) is 0 Å². The van der Waals surface area contributed by atoms with Crippen LogP contribution in [-0.4, -0.2) is 12.1 Å². The maximum atomic E-state index is 6.00. The summed E-state index contributed by atoms with van der Waals surface area (Å²) in [4.78, 5) is 4.09. The number of nitrogen functional groups attached to an aromatic ring is 1. The number of aromatic nitrogens is 1. The Balaban J connectivity index is 2.65. The number of rotatable bonds is 2. The lowest BCUT2D eigenvalue weighted by molar-refractivity contribution is 0.400. The average molecular weight is 304 g/mol. The van der Waals surface area contributed by atoms with Crippen molar-refractivity contribution in [2.75, 3.05) is 12.8 Å². The zero-order valence-corrected chi connectivity index (χ0v) is 11.6. The molecule has 2 aromatic rings. The second-order valence-electron chi connectivity index (χ2n) is 3.58. The monoisotopic (exact) mass is 302 g/mol. The minimum atomic E-state index is 0.318. The molecule has 1 aromatic carbocycles. The summed E-state index contributed by atoms with van der Waals surface area (Å²) in [5.41, 5.74) is 7.68. The summed E-state index contributed by atoms with van der Waals surface area (Å²) in [7, 11) is 1.53. The Morgan fingerprint density at radius 1 is 1.11 bits per heavy atom. The van der Waals surface area contributed by atoms with Crippen molar-refractivity contribution < 1.29 is 4.74 Å². The number of anilines is 1. The van der Waals surface area contributed by atoms with Gasteiger partial charge in [-0.1, -0.05) is 34.8 Å². The Hall–Kier alpha value is -1.16. The molecule has 2 rings (SSSR count). The molecule has 0 atom stereocenters. The fourth-order valence-corrected chi connectivity index (χ4v) is 2.15. The van der Waals surface area contributed by atoms with E-state index in [1.54, 1.807) is 18.2 Å². The summed E-state index contributed by atoms with van der Waals surface area (Å²) < 4.78 is 5.18. The van der Waals surface area contributed by atoms with Gasteiger partial charge in [-0.25, -0.2) is 4.98 Å². The van der Waals surface area contributed by atoms with Crippen LogP contribution < -0.4 is 10.5 Å². The van der Waals surface area contributed by atoms with E-state index >= 15 is 0 Å². The minimum absolute atomic E-state index is 0.318. The van der Waals surface area contributed by atoms with Gasteiger partial charge < -0.3 is 10.5 Å². The van der Waals surface area contributed by atoms with E-state index in [9.17, 15) is 0 Å². The molecule has 1 aromatic heterocycles. The highest BCUT2D eigenvalue weighted by molar-refractivity contribution is 6.48. The smallest absolute Gasteiger partial charge is 0.221 e. The summed E-state index contributed by atoms with van der Waals surface area (Å²) in [6, 6.07) is 5.12. The summed E-state index contributed by atoms with van der Waals surface area (Å²) in [6.07, 6.45) is 1.52. The number of benzene rings is 1. The Morgan fingerprint density at radius 2 is 1.72 bits per heavy atom. The van der Waals surface area contributed by atoms with Gasteiger partial charge in [-0.3, -0.25) is 0 Å². The Labute approximate surface area is 119 Å². The largest absolute Gasteiger partial charge is 0.481 e. The molecule has 0 saturated carbocycles. The fourth-order valence-electron chi connectivity index (χ4n) is 1.55. The first-order valence-electron chi connectivity index (χ1n) is 4.97. The van der Waals surface area contributed by atoms with Crippen LogP contribution in [0.25, 0.3) is 11.1 Å². The molecule has 0 aliphatic heterocycles. The van der Waals surface area contributed by atoms with Crippen molar-refractivity contribution in [3.8, 4) is 17.0 Å². The normalized spacial score (nSPS) is 10.4. The predicted octanol–water partition coefficient (Wildman–Crippen LogP) is 4.30. The highest BCUT2D eigenvalue weighted by Crippen LogP contribution is 2.37. The van der Waals surface area contributed by atoms with E-state index in [-0.39, 0.29) is 0 Å². The second-order valence-corrected chi connectivity index (χ2v) is 4.77. The van der Waals surface area contributed by atoms with Crippen LogP contribution in [0, 0.1) is 0 Å². The first kappa shape index (κ1) is 13.3. The predicted molar refractivity (Wildman–Crippen MR) is 75.7 cm³/mol. The lowest BCUT2D eigenvalue weighted by atomic mass is 10.1. The molecule has 3 nitrogen and oxygen atoms in total.